The molecule has 116 valence electrons. The van der Waals surface area contributed by atoms with Crippen LogP contribution >= 0.6 is 11.6 Å². The van der Waals surface area contributed by atoms with E-state index in [1.807, 2.05) is 0 Å². The molecule has 0 aliphatic heterocycles. The molecule has 0 radical (unpaired) electrons. The van der Waals surface area contributed by atoms with Crippen LogP contribution in [0, 0.1) is 0 Å². The number of amides is 1. The van der Waals surface area contributed by atoms with Crippen LogP contribution in [0.1, 0.15) is 15.9 Å². The highest BCUT2D eigenvalue weighted by Crippen LogP contribution is 2.35. The summed E-state index contributed by atoms with van der Waals surface area (Å²) in [6, 6.07) is 8.83. The van der Waals surface area contributed by atoms with Crippen LogP contribution in [-0.2, 0) is 6.18 Å². The van der Waals surface area contributed by atoms with Gasteiger partial charge in [-0.15, -0.1) is 0 Å². The molecular formula is C15H11ClF3NO2. The first-order chi connectivity index (χ1) is 10.3. The highest BCUT2D eigenvalue weighted by atomic mass is 35.5. The Balaban J connectivity index is 2.31. The van der Waals surface area contributed by atoms with E-state index in [-0.39, 0.29) is 17.0 Å². The lowest BCUT2D eigenvalue weighted by molar-refractivity contribution is -0.137. The lowest BCUT2D eigenvalue weighted by Crippen LogP contribution is -2.14. The molecule has 0 bridgehead atoms. The summed E-state index contributed by atoms with van der Waals surface area (Å²) in [4.78, 5) is 12.1. The van der Waals surface area contributed by atoms with Crippen molar-refractivity contribution in [2.75, 3.05) is 12.4 Å². The minimum Gasteiger partial charge on any atom is -0.495 e. The van der Waals surface area contributed by atoms with Crippen LogP contribution < -0.4 is 10.1 Å². The molecule has 0 saturated carbocycles. The molecule has 0 aliphatic rings. The van der Waals surface area contributed by atoms with Gasteiger partial charge >= 0.3 is 6.18 Å². The van der Waals surface area contributed by atoms with Crippen molar-refractivity contribution in [1.29, 1.82) is 0 Å². The van der Waals surface area contributed by atoms with Gasteiger partial charge in [-0.25, -0.2) is 0 Å². The van der Waals surface area contributed by atoms with E-state index in [1.54, 1.807) is 0 Å². The van der Waals surface area contributed by atoms with Gasteiger partial charge in [-0.05, 0) is 42.5 Å². The fourth-order valence-corrected chi connectivity index (χ4v) is 1.90. The number of rotatable bonds is 3. The number of ether oxygens (including phenoxy) is 1. The normalized spacial score (nSPS) is 11.1. The lowest BCUT2D eigenvalue weighted by Gasteiger charge is -2.13. The first-order valence-electron chi connectivity index (χ1n) is 6.13. The van der Waals surface area contributed by atoms with Gasteiger partial charge in [0.05, 0.1) is 18.4 Å². The molecular weight excluding hydrogens is 319 g/mol. The molecule has 3 nitrogen and oxygen atoms in total. The zero-order valence-electron chi connectivity index (χ0n) is 11.4. The molecule has 0 unspecified atom stereocenters. The average Bonchev–Trinajstić information content (AvgIpc) is 2.46. The summed E-state index contributed by atoms with van der Waals surface area (Å²) in [6.45, 7) is 0. The van der Waals surface area contributed by atoms with Crippen LogP contribution in [0.4, 0.5) is 18.9 Å². The molecule has 22 heavy (non-hydrogen) atoms. The SMILES string of the molecule is COc1ccc(C(F)(F)F)cc1NC(=O)c1ccc(Cl)cc1. The van der Waals surface area contributed by atoms with Gasteiger partial charge in [-0.3, -0.25) is 4.79 Å². The van der Waals surface area contributed by atoms with Crippen molar-refractivity contribution in [3.8, 4) is 5.75 Å². The summed E-state index contributed by atoms with van der Waals surface area (Å²) < 4.78 is 43.2. The van der Waals surface area contributed by atoms with Gasteiger partial charge in [-0.1, -0.05) is 11.6 Å². The van der Waals surface area contributed by atoms with Crippen LogP contribution in [0.2, 0.25) is 5.02 Å². The van der Waals surface area contributed by atoms with Crippen LogP contribution in [-0.4, -0.2) is 13.0 Å². The number of methoxy groups -OCH3 is 1. The molecule has 1 N–H and O–H groups in total. The fraction of sp³-hybridized carbons (Fsp3) is 0.133. The Morgan fingerprint density at radius 1 is 1.14 bits per heavy atom. The Bertz CT molecular complexity index is 684. The average molecular weight is 330 g/mol. The number of carbonyl (C=O) groups is 1. The molecule has 7 heteroatoms. The second-order valence-corrected chi connectivity index (χ2v) is 4.81. The van der Waals surface area contributed by atoms with Gasteiger partial charge < -0.3 is 10.1 Å². The Morgan fingerprint density at radius 3 is 2.32 bits per heavy atom. The summed E-state index contributed by atoms with van der Waals surface area (Å²) in [7, 11) is 1.31. The largest absolute Gasteiger partial charge is 0.495 e. The van der Waals surface area contributed by atoms with Gasteiger partial charge in [0.1, 0.15) is 5.75 Å². The summed E-state index contributed by atoms with van der Waals surface area (Å²) in [5.41, 5.74) is -0.666. The van der Waals surface area contributed by atoms with E-state index in [2.05, 4.69) is 5.32 Å². The van der Waals surface area contributed by atoms with Gasteiger partial charge in [0, 0.05) is 10.6 Å². The van der Waals surface area contributed by atoms with Crippen LogP contribution in [0.25, 0.3) is 0 Å². The van der Waals surface area contributed by atoms with Crippen molar-refractivity contribution in [2.24, 2.45) is 0 Å². The summed E-state index contributed by atoms with van der Waals surface area (Å²) >= 11 is 5.72. The maximum absolute atomic E-state index is 12.7. The topological polar surface area (TPSA) is 38.3 Å². The Morgan fingerprint density at radius 2 is 1.77 bits per heavy atom. The summed E-state index contributed by atoms with van der Waals surface area (Å²) in [5.74, 6) is -0.426. The number of carbonyl (C=O) groups excluding carboxylic acids is 1. The molecule has 0 heterocycles. The third kappa shape index (κ3) is 3.71. The van der Waals surface area contributed by atoms with Gasteiger partial charge in [0.2, 0.25) is 0 Å². The van der Waals surface area contributed by atoms with Crippen LogP contribution in [0.5, 0.6) is 5.75 Å². The maximum atomic E-state index is 12.7. The van der Waals surface area contributed by atoms with Crippen molar-refractivity contribution < 1.29 is 22.7 Å². The molecule has 2 aromatic rings. The Hall–Kier alpha value is -2.21. The van der Waals surface area contributed by atoms with Crippen LogP contribution in [0.15, 0.2) is 42.5 Å². The van der Waals surface area contributed by atoms with Gasteiger partial charge in [0.15, 0.2) is 0 Å². The maximum Gasteiger partial charge on any atom is 0.416 e. The van der Waals surface area contributed by atoms with E-state index >= 15 is 0 Å². The highest BCUT2D eigenvalue weighted by Gasteiger charge is 2.31. The number of hydrogen-bond acceptors (Lipinski definition) is 2. The number of anilines is 1. The zero-order valence-corrected chi connectivity index (χ0v) is 12.1. The molecule has 0 aromatic heterocycles. The molecule has 1 amide bonds. The molecule has 0 spiro atoms. The van der Waals surface area contributed by atoms with E-state index in [1.165, 1.54) is 31.4 Å². The minimum absolute atomic E-state index is 0.0581. The molecule has 2 rings (SSSR count). The number of halogens is 4. The monoisotopic (exact) mass is 329 g/mol. The number of benzene rings is 2. The number of alkyl halides is 3. The second-order valence-electron chi connectivity index (χ2n) is 4.37. The van der Waals surface area contributed by atoms with Gasteiger partial charge in [0.25, 0.3) is 5.91 Å². The lowest BCUT2D eigenvalue weighted by atomic mass is 10.1. The number of nitrogens with one attached hydrogen (secondary N) is 1. The standard InChI is InChI=1S/C15H11ClF3NO2/c1-22-13-7-4-10(15(17,18)19)8-12(13)20-14(21)9-2-5-11(16)6-3-9/h2-8H,1H3,(H,20,21). The third-order valence-corrected chi connectivity index (χ3v) is 3.13. The first kappa shape index (κ1) is 16.2. The first-order valence-corrected chi connectivity index (χ1v) is 6.51. The van der Waals surface area contributed by atoms with Crippen molar-refractivity contribution in [1.82, 2.24) is 0 Å². The predicted octanol–water partition coefficient (Wildman–Crippen LogP) is 4.62. The van der Waals surface area contributed by atoms with E-state index in [0.717, 1.165) is 18.2 Å². The van der Waals surface area contributed by atoms with Crippen molar-refractivity contribution in [3.63, 3.8) is 0 Å². The summed E-state index contributed by atoms with van der Waals surface area (Å²) in [6.07, 6.45) is -4.51. The highest BCUT2D eigenvalue weighted by molar-refractivity contribution is 6.30. The quantitative estimate of drug-likeness (QED) is 0.892. The molecule has 0 saturated heterocycles. The van der Waals surface area contributed by atoms with E-state index in [4.69, 9.17) is 16.3 Å². The van der Waals surface area contributed by atoms with E-state index < -0.39 is 17.6 Å². The third-order valence-electron chi connectivity index (χ3n) is 2.88. The second kappa shape index (κ2) is 6.27. The van der Waals surface area contributed by atoms with Crippen molar-refractivity contribution in [3.05, 3.63) is 58.6 Å². The van der Waals surface area contributed by atoms with Crippen molar-refractivity contribution in [2.45, 2.75) is 6.18 Å². The molecule has 2 aromatic carbocycles. The van der Waals surface area contributed by atoms with Crippen LogP contribution in [0.3, 0.4) is 0 Å². The molecule has 0 atom stereocenters. The fourth-order valence-electron chi connectivity index (χ4n) is 1.78. The predicted molar refractivity (Wildman–Crippen MR) is 77.4 cm³/mol. The van der Waals surface area contributed by atoms with Gasteiger partial charge in [-0.2, -0.15) is 13.2 Å². The van der Waals surface area contributed by atoms with E-state index in [0.29, 0.717) is 5.02 Å². The minimum atomic E-state index is -4.51. The smallest absolute Gasteiger partial charge is 0.416 e. The Labute approximate surface area is 129 Å². The molecule has 0 aliphatic carbocycles. The van der Waals surface area contributed by atoms with E-state index in [9.17, 15) is 18.0 Å². The molecule has 0 fully saturated rings. The summed E-state index contributed by atoms with van der Waals surface area (Å²) in [5, 5.41) is 2.85. The van der Waals surface area contributed by atoms with Crippen molar-refractivity contribution >= 4 is 23.2 Å². The zero-order chi connectivity index (χ0) is 16.3. The Kier molecular flexibility index (Phi) is 4.61. The number of hydrogen-bond donors (Lipinski definition) is 1.